The Labute approximate surface area is 105 Å². The monoisotopic (exact) mass is 258 g/mol. The van der Waals surface area contributed by atoms with Crippen LogP contribution >= 0.6 is 11.6 Å². The van der Waals surface area contributed by atoms with Crippen molar-refractivity contribution in [1.82, 2.24) is 10.6 Å². The summed E-state index contributed by atoms with van der Waals surface area (Å²) in [5.41, 5.74) is 0. The van der Waals surface area contributed by atoms with Gasteiger partial charge in [-0.3, -0.25) is 10.1 Å². The van der Waals surface area contributed by atoms with Crippen molar-refractivity contribution >= 4 is 23.5 Å². The smallest absolute Gasteiger partial charge is 0.321 e. The zero-order valence-electron chi connectivity index (χ0n) is 9.53. The predicted octanol–water partition coefficient (Wildman–Crippen LogP) is 1.67. The van der Waals surface area contributed by atoms with Crippen molar-refractivity contribution in [3.05, 3.63) is 24.2 Å². The van der Waals surface area contributed by atoms with Crippen molar-refractivity contribution in [1.29, 1.82) is 0 Å². The molecule has 0 aliphatic heterocycles. The number of rotatable bonds is 5. The maximum Gasteiger partial charge on any atom is 0.321 e. The molecule has 0 aliphatic carbocycles. The van der Waals surface area contributed by atoms with Crippen molar-refractivity contribution < 1.29 is 14.0 Å². The number of alkyl halides is 1. The first-order valence-electron chi connectivity index (χ1n) is 5.30. The Kier molecular flexibility index (Phi) is 5.56. The molecule has 1 atom stereocenters. The van der Waals surface area contributed by atoms with Gasteiger partial charge in [-0.2, -0.15) is 0 Å². The number of nitrogens with one attached hydrogen (secondary N) is 2. The van der Waals surface area contributed by atoms with E-state index < -0.39 is 6.03 Å². The Balaban J connectivity index is 2.28. The lowest BCUT2D eigenvalue weighted by Gasteiger charge is -2.12. The van der Waals surface area contributed by atoms with Crippen LogP contribution in [0.1, 0.15) is 19.1 Å². The number of hydrogen-bond acceptors (Lipinski definition) is 3. The number of carbonyl (C=O) groups excluding carboxylic acids is 2. The number of hydrogen-bond donors (Lipinski definition) is 2. The van der Waals surface area contributed by atoms with Crippen LogP contribution in [0.2, 0.25) is 0 Å². The van der Waals surface area contributed by atoms with E-state index in [0.29, 0.717) is 6.42 Å². The van der Waals surface area contributed by atoms with Gasteiger partial charge in [0.1, 0.15) is 5.76 Å². The van der Waals surface area contributed by atoms with Crippen LogP contribution < -0.4 is 10.6 Å². The number of urea groups is 1. The fraction of sp³-hybridized carbons (Fsp3) is 0.455. The standard InChI is InChI=1S/C11H15ClN2O3/c1-8(7-9-3-2-6-17-9)13-11(16)14-10(15)4-5-12/h2-3,6,8H,4-5,7H2,1H3,(H2,13,14,15,16). The van der Waals surface area contributed by atoms with E-state index in [4.69, 9.17) is 16.0 Å². The first-order chi connectivity index (χ1) is 8.11. The van der Waals surface area contributed by atoms with Crippen molar-refractivity contribution in [2.45, 2.75) is 25.8 Å². The highest BCUT2D eigenvalue weighted by Gasteiger charge is 2.11. The number of amides is 3. The Hall–Kier alpha value is -1.49. The van der Waals surface area contributed by atoms with Crippen LogP contribution in [0, 0.1) is 0 Å². The highest BCUT2D eigenvalue weighted by Crippen LogP contribution is 2.03. The van der Waals surface area contributed by atoms with Gasteiger partial charge in [-0.1, -0.05) is 0 Å². The largest absolute Gasteiger partial charge is 0.469 e. The average Bonchev–Trinajstić information content (AvgIpc) is 2.69. The lowest BCUT2D eigenvalue weighted by molar-refractivity contribution is -0.119. The van der Waals surface area contributed by atoms with E-state index in [1.165, 1.54) is 0 Å². The molecule has 3 amide bonds. The summed E-state index contributed by atoms with van der Waals surface area (Å²) in [4.78, 5) is 22.4. The van der Waals surface area contributed by atoms with Crippen LogP contribution in [-0.2, 0) is 11.2 Å². The predicted molar refractivity (Wildman–Crippen MR) is 63.9 cm³/mol. The van der Waals surface area contributed by atoms with Gasteiger partial charge in [-0.05, 0) is 19.1 Å². The van der Waals surface area contributed by atoms with Crippen molar-refractivity contribution in [3.63, 3.8) is 0 Å². The van der Waals surface area contributed by atoms with Crippen molar-refractivity contribution in [2.75, 3.05) is 5.88 Å². The maximum absolute atomic E-state index is 11.4. The van der Waals surface area contributed by atoms with Crippen LogP contribution in [0.15, 0.2) is 22.8 Å². The van der Waals surface area contributed by atoms with E-state index in [0.717, 1.165) is 5.76 Å². The van der Waals surface area contributed by atoms with Crippen LogP contribution in [0.25, 0.3) is 0 Å². The van der Waals surface area contributed by atoms with E-state index in [9.17, 15) is 9.59 Å². The average molecular weight is 259 g/mol. The van der Waals surface area contributed by atoms with E-state index in [-0.39, 0.29) is 24.2 Å². The summed E-state index contributed by atoms with van der Waals surface area (Å²) in [6.45, 7) is 1.83. The molecule has 0 saturated carbocycles. The number of halogens is 1. The van der Waals surface area contributed by atoms with Gasteiger partial charge in [0, 0.05) is 24.8 Å². The molecule has 0 spiro atoms. The molecule has 1 aromatic rings. The summed E-state index contributed by atoms with van der Waals surface area (Å²) in [5.74, 6) is 0.591. The minimum Gasteiger partial charge on any atom is -0.469 e. The summed E-state index contributed by atoms with van der Waals surface area (Å²) >= 11 is 5.38. The molecule has 1 aromatic heterocycles. The topological polar surface area (TPSA) is 71.3 Å². The third kappa shape index (κ3) is 5.40. The Bertz CT molecular complexity index is 365. The zero-order valence-corrected chi connectivity index (χ0v) is 10.3. The van der Waals surface area contributed by atoms with Crippen molar-refractivity contribution in [2.24, 2.45) is 0 Å². The number of carbonyl (C=O) groups is 2. The normalized spacial score (nSPS) is 11.9. The molecule has 1 heterocycles. The highest BCUT2D eigenvalue weighted by molar-refractivity contribution is 6.19. The van der Waals surface area contributed by atoms with Crippen LogP contribution in [0.3, 0.4) is 0 Å². The Morgan fingerprint density at radius 3 is 2.88 bits per heavy atom. The molecule has 6 heteroatoms. The summed E-state index contributed by atoms with van der Waals surface area (Å²) in [6.07, 6.45) is 2.28. The third-order valence-corrected chi connectivity index (χ3v) is 2.23. The first kappa shape index (κ1) is 13.6. The van der Waals surface area contributed by atoms with Crippen molar-refractivity contribution in [3.8, 4) is 0 Å². The Morgan fingerprint density at radius 1 is 1.53 bits per heavy atom. The molecule has 1 unspecified atom stereocenters. The molecule has 5 nitrogen and oxygen atoms in total. The fourth-order valence-corrected chi connectivity index (χ4v) is 1.49. The molecular formula is C11H15ClN2O3. The lowest BCUT2D eigenvalue weighted by Crippen LogP contribution is -2.44. The molecule has 94 valence electrons. The molecular weight excluding hydrogens is 244 g/mol. The molecule has 0 aliphatic rings. The van der Waals surface area contributed by atoms with E-state index >= 15 is 0 Å². The summed E-state index contributed by atoms with van der Waals surface area (Å²) < 4.78 is 5.15. The molecule has 2 N–H and O–H groups in total. The molecule has 0 bridgehead atoms. The van der Waals surface area contributed by atoms with Gasteiger partial charge >= 0.3 is 6.03 Å². The van der Waals surface area contributed by atoms with E-state index in [1.54, 1.807) is 12.3 Å². The number of imide groups is 1. The quantitative estimate of drug-likeness (QED) is 0.789. The third-order valence-electron chi connectivity index (χ3n) is 2.04. The second-order valence-electron chi connectivity index (χ2n) is 3.65. The van der Waals surface area contributed by atoms with Crippen LogP contribution in [0.4, 0.5) is 4.79 Å². The van der Waals surface area contributed by atoms with Gasteiger partial charge in [0.25, 0.3) is 0 Å². The van der Waals surface area contributed by atoms with E-state index in [2.05, 4.69) is 10.6 Å². The molecule has 0 radical (unpaired) electrons. The second-order valence-corrected chi connectivity index (χ2v) is 4.02. The molecule has 0 aromatic carbocycles. The van der Waals surface area contributed by atoms with Gasteiger partial charge in [0.05, 0.1) is 6.26 Å². The first-order valence-corrected chi connectivity index (χ1v) is 5.84. The minimum absolute atomic E-state index is 0.120. The fourth-order valence-electron chi connectivity index (χ4n) is 1.32. The molecule has 0 saturated heterocycles. The lowest BCUT2D eigenvalue weighted by atomic mass is 10.2. The van der Waals surface area contributed by atoms with E-state index in [1.807, 2.05) is 13.0 Å². The van der Waals surface area contributed by atoms with Gasteiger partial charge < -0.3 is 9.73 Å². The molecule has 1 rings (SSSR count). The SMILES string of the molecule is CC(Cc1ccco1)NC(=O)NC(=O)CCCl. The van der Waals surface area contributed by atoms with Gasteiger partial charge in [-0.25, -0.2) is 4.79 Å². The number of furan rings is 1. The highest BCUT2D eigenvalue weighted by atomic mass is 35.5. The van der Waals surface area contributed by atoms with Crippen LogP contribution in [0.5, 0.6) is 0 Å². The summed E-state index contributed by atoms with van der Waals surface area (Å²) in [5, 5.41) is 4.82. The molecule has 0 fully saturated rings. The minimum atomic E-state index is -0.515. The summed E-state index contributed by atoms with van der Waals surface area (Å²) in [6, 6.07) is 2.98. The second kappa shape index (κ2) is 6.96. The molecule has 17 heavy (non-hydrogen) atoms. The maximum atomic E-state index is 11.4. The Morgan fingerprint density at radius 2 is 2.29 bits per heavy atom. The van der Waals surface area contributed by atoms with Gasteiger partial charge in [0.15, 0.2) is 0 Å². The zero-order chi connectivity index (χ0) is 12.7. The van der Waals surface area contributed by atoms with Gasteiger partial charge in [0.2, 0.25) is 5.91 Å². The van der Waals surface area contributed by atoms with Gasteiger partial charge in [-0.15, -0.1) is 11.6 Å². The van der Waals surface area contributed by atoms with Crippen LogP contribution in [-0.4, -0.2) is 23.9 Å². The summed E-state index contributed by atoms with van der Waals surface area (Å²) in [7, 11) is 0.